The van der Waals surface area contributed by atoms with Gasteiger partial charge in [-0.05, 0) is 71.8 Å². The molecule has 1 heterocycles. The van der Waals surface area contributed by atoms with E-state index in [1.165, 1.54) is 6.08 Å². The minimum absolute atomic E-state index is 0.157. The van der Waals surface area contributed by atoms with Crippen molar-refractivity contribution in [2.45, 2.75) is 26.6 Å². The van der Waals surface area contributed by atoms with Crippen LogP contribution < -0.4 is 4.74 Å². The summed E-state index contributed by atoms with van der Waals surface area (Å²) in [5.74, 6) is -0.907. The lowest BCUT2D eigenvalue weighted by molar-refractivity contribution is -0.149. The number of amides is 2. The molecule has 1 aliphatic rings. The second kappa shape index (κ2) is 10.7. The first-order valence-corrected chi connectivity index (χ1v) is 12.3. The maximum atomic E-state index is 12.6. The van der Waals surface area contributed by atoms with Crippen LogP contribution in [0.3, 0.4) is 0 Å². The topological polar surface area (TPSA) is 72.9 Å². The first kappa shape index (κ1) is 25.1. The van der Waals surface area contributed by atoms with Crippen molar-refractivity contribution in [3.05, 3.63) is 80.7 Å². The molecule has 0 bridgehead atoms. The van der Waals surface area contributed by atoms with Gasteiger partial charge < -0.3 is 9.47 Å². The Labute approximate surface area is 216 Å². The summed E-state index contributed by atoms with van der Waals surface area (Å²) < 4.78 is 10.9. The van der Waals surface area contributed by atoms with Gasteiger partial charge >= 0.3 is 5.97 Å². The molecule has 2 amide bonds. The van der Waals surface area contributed by atoms with Gasteiger partial charge in [0.2, 0.25) is 0 Å². The van der Waals surface area contributed by atoms with Crippen LogP contribution in [0.4, 0.5) is 4.79 Å². The van der Waals surface area contributed by atoms with E-state index in [0.717, 1.165) is 33.0 Å². The largest absolute Gasteiger partial charge is 0.486 e. The highest BCUT2D eigenvalue weighted by atomic mass is 35.5. The molecule has 0 saturated carbocycles. The Morgan fingerprint density at radius 2 is 1.71 bits per heavy atom. The Morgan fingerprint density at radius 1 is 1.03 bits per heavy atom. The van der Waals surface area contributed by atoms with Gasteiger partial charge in [0.1, 0.15) is 13.2 Å². The SMILES string of the molecule is CC(C)OC(=O)CN1C(=O)S/C(=C/c2cc(Cl)c(OCc3ccc4ccccc4c3)c(Cl)c2)C1=O. The Hall–Kier alpha value is -3.00. The van der Waals surface area contributed by atoms with E-state index in [2.05, 4.69) is 0 Å². The van der Waals surface area contributed by atoms with Crippen molar-refractivity contribution in [1.82, 2.24) is 4.90 Å². The van der Waals surface area contributed by atoms with Gasteiger partial charge in [-0.2, -0.15) is 0 Å². The van der Waals surface area contributed by atoms with Gasteiger partial charge in [0, 0.05) is 0 Å². The number of nitrogens with zero attached hydrogens (tertiary/aromatic N) is 1. The van der Waals surface area contributed by atoms with Crippen LogP contribution in [0.2, 0.25) is 10.0 Å². The number of esters is 1. The Morgan fingerprint density at radius 3 is 2.40 bits per heavy atom. The maximum Gasteiger partial charge on any atom is 0.326 e. The van der Waals surface area contributed by atoms with Crippen molar-refractivity contribution in [2.75, 3.05) is 6.54 Å². The molecule has 1 aliphatic heterocycles. The quantitative estimate of drug-likeness (QED) is 0.250. The summed E-state index contributed by atoms with van der Waals surface area (Å²) in [6, 6.07) is 17.3. The van der Waals surface area contributed by atoms with Crippen LogP contribution in [-0.4, -0.2) is 34.7 Å². The number of carbonyl (C=O) groups excluding carboxylic acids is 3. The summed E-state index contributed by atoms with van der Waals surface area (Å²) in [6.45, 7) is 3.21. The normalized spacial score (nSPS) is 14.9. The molecule has 0 N–H and O–H groups in total. The first-order chi connectivity index (χ1) is 16.7. The number of thioether (sulfide) groups is 1. The minimum atomic E-state index is -0.650. The lowest BCUT2D eigenvalue weighted by atomic mass is 10.1. The molecular weight excluding hydrogens is 509 g/mol. The van der Waals surface area contributed by atoms with E-state index < -0.39 is 23.7 Å². The summed E-state index contributed by atoms with van der Waals surface area (Å²) in [4.78, 5) is 37.8. The standard InChI is InChI=1S/C26H21Cl2NO5S/c1-15(2)34-23(30)13-29-25(31)22(35-26(29)32)12-17-10-20(27)24(21(28)11-17)33-14-16-7-8-18-5-3-4-6-19(18)9-16/h3-12,15H,13-14H2,1-2H3/b22-12+. The van der Waals surface area contributed by atoms with Crippen LogP contribution in [0.1, 0.15) is 25.0 Å². The molecular formula is C26H21Cl2NO5S. The number of hydrogen-bond donors (Lipinski definition) is 0. The van der Waals surface area contributed by atoms with Crippen LogP contribution in [0.25, 0.3) is 16.8 Å². The third kappa shape index (κ3) is 5.99. The summed E-state index contributed by atoms with van der Waals surface area (Å²) in [7, 11) is 0. The van der Waals surface area contributed by atoms with Crippen molar-refractivity contribution in [3.63, 3.8) is 0 Å². The minimum Gasteiger partial charge on any atom is -0.486 e. The van der Waals surface area contributed by atoms with Crippen molar-refractivity contribution in [1.29, 1.82) is 0 Å². The van der Waals surface area contributed by atoms with E-state index in [1.807, 2.05) is 42.5 Å². The van der Waals surface area contributed by atoms with Crippen LogP contribution in [0, 0.1) is 0 Å². The fourth-order valence-corrected chi connectivity index (χ4v) is 4.95. The first-order valence-electron chi connectivity index (χ1n) is 10.8. The fraction of sp³-hybridized carbons (Fsp3) is 0.192. The summed E-state index contributed by atoms with van der Waals surface area (Å²) in [5.41, 5.74) is 1.48. The molecule has 180 valence electrons. The molecule has 0 atom stereocenters. The zero-order valence-electron chi connectivity index (χ0n) is 18.9. The Balaban J connectivity index is 1.47. The van der Waals surface area contributed by atoms with E-state index in [-0.39, 0.29) is 27.7 Å². The summed E-state index contributed by atoms with van der Waals surface area (Å²) >= 11 is 13.6. The highest BCUT2D eigenvalue weighted by Gasteiger charge is 2.36. The van der Waals surface area contributed by atoms with E-state index in [4.69, 9.17) is 32.7 Å². The zero-order chi connectivity index (χ0) is 25.1. The van der Waals surface area contributed by atoms with Crippen LogP contribution in [0.5, 0.6) is 5.75 Å². The lowest BCUT2D eigenvalue weighted by Gasteiger charge is -2.13. The number of benzene rings is 3. The van der Waals surface area contributed by atoms with Gasteiger partial charge in [-0.25, -0.2) is 0 Å². The number of imide groups is 1. The monoisotopic (exact) mass is 529 g/mol. The van der Waals surface area contributed by atoms with E-state index in [9.17, 15) is 14.4 Å². The second-order valence-corrected chi connectivity index (χ2v) is 9.90. The highest BCUT2D eigenvalue weighted by Crippen LogP contribution is 2.38. The van der Waals surface area contributed by atoms with Crippen molar-refractivity contribution in [3.8, 4) is 5.75 Å². The van der Waals surface area contributed by atoms with Gasteiger partial charge in [0.15, 0.2) is 5.75 Å². The molecule has 0 spiro atoms. The molecule has 0 aromatic heterocycles. The number of rotatable bonds is 7. The second-order valence-electron chi connectivity index (χ2n) is 8.09. The number of ether oxygens (including phenoxy) is 2. The van der Waals surface area contributed by atoms with Gasteiger partial charge in [-0.15, -0.1) is 0 Å². The number of hydrogen-bond acceptors (Lipinski definition) is 6. The number of carbonyl (C=O) groups is 3. The lowest BCUT2D eigenvalue weighted by Crippen LogP contribution is -2.35. The fourth-order valence-electron chi connectivity index (χ4n) is 3.50. The number of halogens is 2. The number of fused-ring (bicyclic) bond motifs is 1. The average molecular weight is 530 g/mol. The van der Waals surface area contributed by atoms with Gasteiger partial charge in [-0.3, -0.25) is 19.3 Å². The molecule has 0 radical (unpaired) electrons. The van der Waals surface area contributed by atoms with Crippen LogP contribution >= 0.6 is 35.0 Å². The average Bonchev–Trinajstić information content (AvgIpc) is 3.05. The van der Waals surface area contributed by atoms with E-state index in [0.29, 0.717) is 11.3 Å². The molecule has 6 nitrogen and oxygen atoms in total. The van der Waals surface area contributed by atoms with Crippen LogP contribution in [0.15, 0.2) is 59.5 Å². The van der Waals surface area contributed by atoms with Gasteiger partial charge in [-0.1, -0.05) is 59.6 Å². The summed E-state index contributed by atoms with van der Waals surface area (Å²) in [5, 5.41) is 2.23. The summed E-state index contributed by atoms with van der Waals surface area (Å²) in [6.07, 6.45) is 1.16. The molecule has 3 aromatic rings. The third-order valence-corrected chi connectivity index (χ3v) is 6.51. The molecule has 4 rings (SSSR count). The molecule has 0 unspecified atom stereocenters. The Bertz CT molecular complexity index is 1330. The predicted molar refractivity (Wildman–Crippen MR) is 139 cm³/mol. The Kier molecular flexibility index (Phi) is 7.69. The molecule has 1 saturated heterocycles. The van der Waals surface area contributed by atoms with Crippen molar-refractivity contribution in [2.24, 2.45) is 0 Å². The smallest absolute Gasteiger partial charge is 0.326 e. The van der Waals surface area contributed by atoms with Crippen LogP contribution in [-0.2, 0) is 20.9 Å². The molecule has 35 heavy (non-hydrogen) atoms. The molecule has 9 heteroatoms. The maximum absolute atomic E-state index is 12.6. The predicted octanol–water partition coefficient (Wildman–Crippen LogP) is 6.71. The van der Waals surface area contributed by atoms with Crippen molar-refractivity contribution >= 4 is 68.9 Å². The molecule has 1 fully saturated rings. The molecule has 3 aromatic carbocycles. The van der Waals surface area contributed by atoms with Crippen molar-refractivity contribution < 1.29 is 23.9 Å². The van der Waals surface area contributed by atoms with E-state index in [1.54, 1.807) is 26.0 Å². The third-order valence-electron chi connectivity index (χ3n) is 5.04. The van der Waals surface area contributed by atoms with Gasteiger partial charge in [0.05, 0.1) is 21.1 Å². The van der Waals surface area contributed by atoms with Gasteiger partial charge in [0.25, 0.3) is 11.1 Å². The zero-order valence-corrected chi connectivity index (χ0v) is 21.2. The highest BCUT2D eigenvalue weighted by molar-refractivity contribution is 8.18. The van der Waals surface area contributed by atoms with E-state index >= 15 is 0 Å². The molecule has 0 aliphatic carbocycles.